The summed E-state index contributed by atoms with van der Waals surface area (Å²) in [6, 6.07) is 3.41. The van der Waals surface area contributed by atoms with Crippen LogP contribution < -0.4 is 5.73 Å². The molecule has 1 aromatic carbocycles. The van der Waals surface area contributed by atoms with Crippen molar-refractivity contribution < 1.29 is 8.78 Å². The van der Waals surface area contributed by atoms with Crippen LogP contribution in [0, 0.1) is 11.6 Å². The third-order valence-corrected chi connectivity index (χ3v) is 2.26. The second kappa shape index (κ2) is 4.02. The zero-order valence-electron chi connectivity index (χ0n) is 8.67. The Morgan fingerprint density at radius 2 is 1.94 bits per heavy atom. The number of nitrogens with two attached hydrogens (primary N) is 1. The standard InChI is InChI=1S/C11H11F2N3/c1-6(14)11-15-5-9(16-11)10-7(12)3-2-4-8(10)13/h2-6H,14H2,1H3,(H,15,16). The largest absolute Gasteiger partial charge is 0.341 e. The van der Waals surface area contributed by atoms with Crippen molar-refractivity contribution in [2.45, 2.75) is 13.0 Å². The van der Waals surface area contributed by atoms with Gasteiger partial charge >= 0.3 is 0 Å². The molecule has 0 saturated carbocycles. The Labute approximate surface area is 91.3 Å². The molecule has 0 saturated heterocycles. The average Bonchev–Trinajstić information content (AvgIpc) is 2.66. The highest BCUT2D eigenvalue weighted by Crippen LogP contribution is 2.24. The molecular weight excluding hydrogens is 212 g/mol. The highest BCUT2D eigenvalue weighted by Gasteiger charge is 2.14. The van der Waals surface area contributed by atoms with E-state index in [1.807, 2.05) is 0 Å². The van der Waals surface area contributed by atoms with E-state index in [4.69, 9.17) is 5.73 Å². The summed E-state index contributed by atoms with van der Waals surface area (Å²) in [5.74, 6) is -0.752. The number of hydrogen-bond donors (Lipinski definition) is 2. The monoisotopic (exact) mass is 223 g/mol. The Balaban J connectivity index is 2.50. The van der Waals surface area contributed by atoms with E-state index in [1.54, 1.807) is 6.92 Å². The molecule has 1 atom stereocenters. The molecule has 3 nitrogen and oxygen atoms in total. The minimum absolute atomic E-state index is 0.109. The van der Waals surface area contributed by atoms with Crippen molar-refractivity contribution in [2.75, 3.05) is 0 Å². The number of nitrogens with one attached hydrogen (secondary N) is 1. The van der Waals surface area contributed by atoms with Crippen molar-refractivity contribution in [1.29, 1.82) is 0 Å². The maximum absolute atomic E-state index is 13.4. The van der Waals surface area contributed by atoms with Crippen LogP contribution in [-0.2, 0) is 0 Å². The molecule has 0 spiro atoms. The Bertz CT molecular complexity index is 485. The maximum Gasteiger partial charge on any atom is 0.135 e. The molecule has 5 heteroatoms. The number of aromatic amines is 1. The SMILES string of the molecule is CC(N)c1ncc(-c2c(F)cccc2F)[nH]1. The van der Waals surface area contributed by atoms with E-state index in [0.29, 0.717) is 11.5 Å². The van der Waals surface area contributed by atoms with E-state index >= 15 is 0 Å². The van der Waals surface area contributed by atoms with Gasteiger partial charge in [-0.3, -0.25) is 0 Å². The number of halogens is 2. The van der Waals surface area contributed by atoms with Gasteiger partial charge in [-0.15, -0.1) is 0 Å². The van der Waals surface area contributed by atoms with Gasteiger partial charge in [0.15, 0.2) is 0 Å². The predicted octanol–water partition coefficient (Wildman–Crippen LogP) is 2.37. The van der Waals surface area contributed by atoms with Crippen LogP contribution in [0.15, 0.2) is 24.4 Å². The summed E-state index contributed by atoms with van der Waals surface area (Å²) in [4.78, 5) is 6.75. The molecule has 0 aliphatic carbocycles. The van der Waals surface area contributed by atoms with Gasteiger partial charge in [-0.05, 0) is 19.1 Å². The molecule has 0 aliphatic heterocycles. The number of nitrogens with zero attached hydrogens (tertiary/aromatic N) is 1. The zero-order valence-corrected chi connectivity index (χ0v) is 8.67. The fourth-order valence-electron chi connectivity index (χ4n) is 1.45. The second-order valence-electron chi connectivity index (χ2n) is 3.57. The topological polar surface area (TPSA) is 54.7 Å². The third kappa shape index (κ3) is 1.81. The number of aromatic nitrogens is 2. The van der Waals surface area contributed by atoms with Crippen molar-refractivity contribution in [1.82, 2.24) is 9.97 Å². The van der Waals surface area contributed by atoms with Gasteiger partial charge in [-0.1, -0.05) is 6.07 Å². The Kier molecular flexibility index (Phi) is 2.70. The number of imidazole rings is 1. The Hall–Kier alpha value is -1.75. The highest BCUT2D eigenvalue weighted by atomic mass is 19.1. The minimum Gasteiger partial charge on any atom is -0.341 e. The first-order valence-electron chi connectivity index (χ1n) is 4.84. The first-order chi connectivity index (χ1) is 7.59. The van der Waals surface area contributed by atoms with Gasteiger partial charge in [0.1, 0.15) is 17.5 Å². The lowest BCUT2D eigenvalue weighted by atomic mass is 10.1. The van der Waals surface area contributed by atoms with Crippen LogP contribution in [-0.4, -0.2) is 9.97 Å². The van der Waals surface area contributed by atoms with E-state index in [1.165, 1.54) is 24.4 Å². The van der Waals surface area contributed by atoms with Crippen molar-refractivity contribution in [3.05, 3.63) is 41.9 Å². The molecule has 1 aromatic heterocycles. The molecular formula is C11H11F2N3. The summed E-state index contributed by atoms with van der Waals surface area (Å²) in [5.41, 5.74) is 5.78. The van der Waals surface area contributed by atoms with Crippen molar-refractivity contribution in [3.63, 3.8) is 0 Å². The summed E-state index contributed by atoms with van der Waals surface area (Å²) in [6.07, 6.45) is 1.38. The van der Waals surface area contributed by atoms with Crippen LogP contribution in [0.3, 0.4) is 0 Å². The predicted molar refractivity (Wildman–Crippen MR) is 56.5 cm³/mol. The second-order valence-corrected chi connectivity index (χ2v) is 3.57. The normalized spacial score (nSPS) is 12.8. The summed E-state index contributed by atoms with van der Waals surface area (Å²) in [5, 5.41) is 0. The molecule has 0 aliphatic rings. The van der Waals surface area contributed by atoms with Gasteiger partial charge in [0.2, 0.25) is 0 Å². The van der Waals surface area contributed by atoms with Gasteiger partial charge in [0, 0.05) is 0 Å². The smallest absolute Gasteiger partial charge is 0.135 e. The molecule has 2 rings (SSSR count). The van der Waals surface area contributed by atoms with E-state index in [9.17, 15) is 8.78 Å². The first-order valence-corrected chi connectivity index (χ1v) is 4.84. The highest BCUT2D eigenvalue weighted by molar-refractivity contribution is 5.60. The zero-order chi connectivity index (χ0) is 11.7. The van der Waals surface area contributed by atoms with Crippen LogP contribution in [0.2, 0.25) is 0 Å². The van der Waals surface area contributed by atoms with E-state index < -0.39 is 11.6 Å². The number of benzene rings is 1. The van der Waals surface area contributed by atoms with Gasteiger partial charge in [0.25, 0.3) is 0 Å². The quantitative estimate of drug-likeness (QED) is 0.821. The van der Waals surface area contributed by atoms with Gasteiger partial charge < -0.3 is 10.7 Å². The van der Waals surface area contributed by atoms with Crippen LogP contribution in [0.5, 0.6) is 0 Å². The molecule has 0 fully saturated rings. The number of H-pyrrole nitrogens is 1. The molecule has 16 heavy (non-hydrogen) atoms. The fourth-order valence-corrected chi connectivity index (χ4v) is 1.45. The summed E-state index contributed by atoms with van der Waals surface area (Å²) in [6.45, 7) is 1.74. The number of rotatable bonds is 2. The Morgan fingerprint density at radius 3 is 2.44 bits per heavy atom. The van der Waals surface area contributed by atoms with Crippen molar-refractivity contribution in [3.8, 4) is 11.3 Å². The van der Waals surface area contributed by atoms with Crippen LogP contribution >= 0.6 is 0 Å². The maximum atomic E-state index is 13.4. The third-order valence-electron chi connectivity index (χ3n) is 2.26. The van der Waals surface area contributed by atoms with Crippen LogP contribution in [0.25, 0.3) is 11.3 Å². The fraction of sp³-hybridized carbons (Fsp3) is 0.182. The lowest BCUT2D eigenvalue weighted by Crippen LogP contribution is -2.06. The molecule has 0 amide bonds. The Morgan fingerprint density at radius 1 is 1.31 bits per heavy atom. The summed E-state index contributed by atoms with van der Waals surface area (Å²) >= 11 is 0. The van der Waals surface area contributed by atoms with Crippen molar-refractivity contribution >= 4 is 0 Å². The molecule has 0 radical (unpaired) electrons. The minimum atomic E-state index is -0.625. The molecule has 0 bridgehead atoms. The lowest BCUT2D eigenvalue weighted by molar-refractivity contribution is 0.588. The molecule has 2 aromatic rings. The first kappa shape index (κ1) is 10.8. The van der Waals surface area contributed by atoms with E-state index in [-0.39, 0.29) is 11.6 Å². The van der Waals surface area contributed by atoms with Gasteiger partial charge in [-0.2, -0.15) is 0 Å². The van der Waals surface area contributed by atoms with E-state index in [2.05, 4.69) is 9.97 Å². The molecule has 84 valence electrons. The van der Waals surface area contributed by atoms with Gasteiger partial charge in [0.05, 0.1) is 23.5 Å². The molecule has 3 N–H and O–H groups in total. The lowest BCUT2D eigenvalue weighted by Gasteiger charge is -2.02. The molecule has 1 unspecified atom stereocenters. The average molecular weight is 223 g/mol. The summed E-state index contributed by atoms with van der Waals surface area (Å²) in [7, 11) is 0. The number of hydrogen-bond acceptors (Lipinski definition) is 2. The van der Waals surface area contributed by atoms with Crippen molar-refractivity contribution in [2.24, 2.45) is 5.73 Å². The van der Waals surface area contributed by atoms with E-state index in [0.717, 1.165) is 0 Å². The molecule has 1 heterocycles. The van der Waals surface area contributed by atoms with Crippen LogP contribution in [0.4, 0.5) is 8.78 Å². The summed E-state index contributed by atoms with van der Waals surface area (Å²) < 4.78 is 26.9. The van der Waals surface area contributed by atoms with Crippen LogP contribution in [0.1, 0.15) is 18.8 Å². The van der Waals surface area contributed by atoms with Gasteiger partial charge in [-0.25, -0.2) is 13.8 Å².